The zero-order chi connectivity index (χ0) is 10.5. The summed E-state index contributed by atoms with van der Waals surface area (Å²) in [4.78, 5) is 0. The number of rotatable bonds is 5. The van der Waals surface area contributed by atoms with Gasteiger partial charge >= 0.3 is 0 Å². The van der Waals surface area contributed by atoms with Gasteiger partial charge in [-0.3, -0.25) is 0 Å². The van der Waals surface area contributed by atoms with Gasteiger partial charge in [0.15, 0.2) is 0 Å². The molecule has 0 fully saturated rings. The minimum Gasteiger partial charge on any atom is -0.392 e. The van der Waals surface area contributed by atoms with Crippen LogP contribution in [0.1, 0.15) is 33.6 Å². The molecule has 3 heteroatoms. The van der Waals surface area contributed by atoms with Gasteiger partial charge in [-0.2, -0.15) is 5.26 Å². The normalized spacial score (nSPS) is 16.3. The third kappa shape index (κ3) is 4.25. The van der Waals surface area contributed by atoms with Gasteiger partial charge < -0.3 is 9.84 Å². The molecule has 2 unspecified atom stereocenters. The quantitative estimate of drug-likeness (QED) is 0.709. The molecular weight excluding hydrogens is 166 g/mol. The van der Waals surface area contributed by atoms with Crippen molar-refractivity contribution in [2.24, 2.45) is 5.92 Å². The highest BCUT2D eigenvalue weighted by atomic mass is 16.5. The van der Waals surface area contributed by atoms with Crippen LogP contribution in [0.5, 0.6) is 0 Å². The number of methoxy groups -OCH3 is 1. The summed E-state index contributed by atoms with van der Waals surface area (Å²) in [6.07, 6.45) is 0.581. The maximum atomic E-state index is 9.67. The molecule has 3 nitrogen and oxygen atoms in total. The highest BCUT2D eigenvalue weighted by Gasteiger charge is 2.26. The number of aliphatic hydroxyl groups excluding tert-OH is 1. The number of nitrogens with zero attached hydrogens (tertiary/aromatic N) is 1. The summed E-state index contributed by atoms with van der Waals surface area (Å²) in [5.41, 5.74) is -0.357. The van der Waals surface area contributed by atoms with Crippen molar-refractivity contribution >= 4 is 0 Å². The average Bonchev–Trinajstić information content (AvgIpc) is 2.06. The van der Waals surface area contributed by atoms with Gasteiger partial charge in [-0.15, -0.1) is 0 Å². The molecule has 0 spiro atoms. The fraction of sp³-hybridized carbons (Fsp3) is 0.900. The summed E-state index contributed by atoms with van der Waals surface area (Å²) in [6.45, 7) is 5.71. The molecule has 0 aromatic heterocycles. The van der Waals surface area contributed by atoms with Crippen molar-refractivity contribution in [3.63, 3.8) is 0 Å². The van der Waals surface area contributed by atoms with Gasteiger partial charge in [-0.1, -0.05) is 6.92 Å². The van der Waals surface area contributed by atoms with Crippen LogP contribution in [0.2, 0.25) is 0 Å². The second-order valence-corrected chi connectivity index (χ2v) is 3.88. The molecule has 13 heavy (non-hydrogen) atoms. The molecule has 0 saturated carbocycles. The molecule has 2 atom stereocenters. The first-order valence-electron chi connectivity index (χ1n) is 4.59. The lowest BCUT2D eigenvalue weighted by Crippen LogP contribution is -2.32. The minimum absolute atomic E-state index is 0.283. The molecule has 0 aromatic carbocycles. The molecule has 1 N–H and O–H groups in total. The van der Waals surface area contributed by atoms with Gasteiger partial charge in [0.25, 0.3) is 0 Å². The standard InChI is InChI=1S/C10H19NO2/c1-5-8(7-11)9(12)6-10(2,3)13-4/h8-9,12H,5-6H2,1-4H3. The van der Waals surface area contributed by atoms with Crippen LogP contribution in [0.15, 0.2) is 0 Å². The Balaban J connectivity index is 4.14. The Labute approximate surface area is 80.3 Å². The van der Waals surface area contributed by atoms with Crippen LogP contribution in [0.4, 0.5) is 0 Å². The van der Waals surface area contributed by atoms with E-state index in [1.54, 1.807) is 7.11 Å². The second-order valence-electron chi connectivity index (χ2n) is 3.88. The largest absolute Gasteiger partial charge is 0.392 e. The number of ether oxygens (including phenoxy) is 1. The maximum absolute atomic E-state index is 9.67. The van der Waals surface area contributed by atoms with Crippen LogP contribution in [-0.2, 0) is 4.74 Å². The Bertz CT molecular complexity index is 184. The van der Waals surface area contributed by atoms with Crippen molar-refractivity contribution in [2.75, 3.05) is 7.11 Å². The van der Waals surface area contributed by atoms with Crippen LogP contribution >= 0.6 is 0 Å². The first-order chi connectivity index (χ1) is 5.96. The van der Waals surface area contributed by atoms with Crippen molar-refractivity contribution in [3.05, 3.63) is 0 Å². The van der Waals surface area contributed by atoms with E-state index in [1.807, 2.05) is 20.8 Å². The van der Waals surface area contributed by atoms with Crippen LogP contribution in [0.25, 0.3) is 0 Å². The molecule has 0 aliphatic rings. The monoisotopic (exact) mass is 185 g/mol. The fourth-order valence-corrected chi connectivity index (χ4v) is 1.18. The van der Waals surface area contributed by atoms with Gasteiger partial charge in [0.2, 0.25) is 0 Å². The van der Waals surface area contributed by atoms with Gasteiger partial charge in [0.1, 0.15) is 0 Å². The topological polar surface area (TPSA) is 53.2 Å². The van der Waals surface area contributed by atoms with Gasteiger partial charge in [0, 0.05) is 13.5 Å². The zero-order valence-corrected chi connectivity index (χ0v) is 8.87. The van der Waals surface area contributed by atoms with E-state index < -0.39 is 6.10 Å². The Hall–Kier alpha value is -0.590. The van der Waals surface area contributed by atoms with E-state index in [4.69, 9.17) is 10.00 Å². The summed E-state index contributed by atoms with van der Waals surface area (Å²) >= 11 is 0. The van der Waals surface area contributed by atoms with Crippen LogP contribution in [0.3, 0.4) is 0 Å². The zero-order valence-electron chi connectivity index (χ0n) is 8.87. The van der Waals surface area contributed by atoms with E-state index in [-0.39, 0.29) is 11.5 Å². The molecule has 0 aromatic rings. The van der Waals surface area contributed by atoms with Crippen LogP contribution < -0.4 is 0 Å². The third-order valence-electron chi connectivity index (χ3n) is 2.32. The Morgan fingerprint density at radius 1 is 1.54 bits per heavy atom. The number of nitriles is 1. The smallest absolute Gasteiger partial charge is 0.0725 e. The van der Waals surface area contributed by atoms with E-state index >= 15 is 0 Å². The first kappa shape index (κ1) is 12.4. The van der Waals surface area contributed by atoms with Crippen molar-refractivity contribution in [1.29, 1.82) is 5.26 Å². The van der Waals surface area contributed by atoms with Crippen LogP contribution in [0, 0.1) is 17.2 Å². The van der Waals surface area contributed by atoms with Crippen LogP contribution in [-0.4, -0.2) is 23.9 Å². The van der Waals surface area contributed by atoms with E-state index in [2.05, 4.69) is 6.07 Å². The fourth-order valence-electron chi connectivity index (χ4n) is 1.18. The molecule has 0 amide bonds. The van der Waals surface area contributed by atoms with Crippen molar-refractivity contribution in [2.45, 2.75) is 45.3 Å². The Kier molecular flexibility index (Phi) is 4.97. The predicted octanol–water partition coefficient (Wildman–Crippen LogP) is 1.71. The molecule has 0 saturated heterocycles. The summed E-state index contributed by atoms with van der Waals surface area (Å²) in [7, 11) is 1.61. The van der Waals surface area contributed by atoms with E-state index in [0.717, 1.165) is 0 Å². The molecule has 76 valence electrons. The minimum atomic E-state index is -0.593. The number of aliphatic hydroxyl groups is 1. The highest BCUT2D eigenvalue weighted by molar-refractivity contribution is 4.90. The lowest BCUT2D eigenvalue weighted by Gasteiger charge is -2.27. The van der Waals surface area contributed by atoms with E-state index in [0.29, 0.717) is 12.8 Å². The number of hydrogen-bond donors (Lipinski definition) is 1. The molecule has 0 radical (unpaired) electrons. The van der Waals surface area contributed by atoms with E-state index in [9.17, 15) is 5.11 Å². The summed E-state index contributed by atoms with van der Waals surface area (Å²) < 4.78 is 5.18. The summed E-state index contributed by atoms with van der Waals surface area (Å²) in [6, 6.07) is 2.09. The summed E-state index contributed by atoms with van der Waals surface area (Å²) in [5, 5.41) is 18.4. The Morgan fingerprint density at radius 3 is 2.38 bits per heavy atom. The molecule has 0 aliphatic carbocycles. The molecule has 0 aliphatic heterocycles. The van der Waals surface area contributed by atoms with Crippen molar-refractivity contribution in [3.8, 4) is 6.07 Å². The first-order valence-corrected chi connectivity index (χ1v) is 4.59. The van der Waals surface area contributed by atoms with E-state index in [1.165, 1.54) is 0 Å². The van der Waals surface area contributed by atoms with Crippen molar-refractivity contribution in [1.82, 2.24) is 0 Å². The van der Waals surface area contributed by atoms with Gasteiger partial charge in [-0.05, 0) is 20.3 Å². The molecule has 0 rings (SSSR count). The number of hydrogen-bond acceptors (Lipinski definition) is 3. The molecule has 0 bridgehead atoms. The molecule has 0 heterocycles. The van der Waals surface area contributed by atoms with Gasteiger partial charge in [-0.25, -0.2) is 0 Å². The highest BCUT2D eigenvalue weighted by Crippen LogP contribution is 2.21. The molecular formula is C10H19NO2. The van der Waals surface area contributed by atoms with Gasteiger partial charge in [0.05, 0.1) is 23.7 Å². The van der Waals surface area contributed by atoms with Crippen molar-refractivity contribution < 1.29 is 9.84 Å². The lowest BCUT2D eigenvalue weighted by molar-refractivity contribution is -0.0285. The SMILES string of the molecule is CCC(C#N)C(O)CC(C)(C)OC. The summed E-state index contributed by atoms with van der Waals surface area (Å²) in [5.74, 6) is -0.283. The third-order valence-corrected chi connectivity index (χ3v) is 2.32. The Morgan fingerprint density at radius 2 is 2.08 bits per heavy atom. The predicted molar refractivity (Wildman–Crippen MR) is 51.1 cm³/mol. The average molecular weight is 185 g/mol. The second kappa shape index (κ2) is 5.21. The maximum Gasteiger partial charge on any atom is 0.0725 e. The lowest BCUT2D eigenvalue weighted by atomic mass is 9.91.